The maximum atomic E-state index is 13.3. The van der Waals surface area contributed by atoms with Crippen LogP contribution in [0.15, 0.2) is 70.2 Å². The largest absolute Gasteiger partial charge is 0.468 e. The lowest BCUT2D eigenvalue weighted by molar-refractivity contribution is 0.0953. The maximum absolute atomic E-state index is 13.3. The van der Waals surface area contributed by atoms with Gasteiger partial charge in [-0.3, -0.25) is 4.79 Å². The van der Waals surface area contributed by atoms with Crippen LogP contribution >= 0.6 is 0 Å². The molecule has 0 saturated carbocycles. The van der Waals surface area contributed by atoms with Gasteiger partial charge in [-0.15, -0.1) is 0 Å². The molecule has 146 valence electrons. The summed E-state index contributed by atoms with van der Waals surface area (Å²) in [5.41, 5.74) is 1.67. The summed E-state index contributed by atoms with van der Waals surface area (Å²) in [6.07, 6.45) is 1.39. The number of carbonyl (C=O) groups is 1. The van der Waals surface area contributed by atoms with Crippen molar-refractivity contribution in [3.05, 3.63) is 89.1 Å². The SMILES string of the molecule is Cc1ccc(C)c(S(=O)(=O)[C@@H](CNC(=O)c2ccc(F)cc2)c2ccco2)c1. The quantitative estimate of drug-likeness (QED) is 0.678. The Balaban J connectivity index is 1.91. The lowest BCUT2D eigenvalue weighted by Gasteiger charge is -2.18. The first kappa shape index (κ1) is 19.8. The summed E-state index contributed by atoms with van der Waals surface area (Å²) >= 11 is 0. The third-order valence-electron chi connectivity index (χ3n) is 4.44. The average Bonchev–Trinajstić information content (AvgIpc) is 3.18. The lowest BCUT2D eigenvalue weighted by atomic mass is 10.2. The molecule has 1 amide bonds. The molecule has 0 spiro atoms. The number of nitrogens with one attached hydrogen (secondary N) is 1. The number of benzene rings is 2. The van der Waals surface area contributed by atoms with Crippen molar-refractivity contribution in [3.63, 3.8) is 0 Å². The number of amides is 1. The van der Waals surface area contributed by atoms with E-state index < -0.39 is 26.8 Å². The van der Waals surface area contributed by atoms with Crippen molar-refractivity contribution in [3.8, 4) is 0 Å². The van der Waals surface area contributed by atoms with Crippen LogP contribution in [0.1, 0.15) is 32.5 Å². The molecule has 0 bridgehead atoms. The van der Waals surface area contributed by atoms with Crippen LogP contribution in [0.3, 0.4) is 0 Å². The monoisotopic (exact) mass is 401 g/mol. The van der Waals surface area contributed by atoms with Crippen LogP contribution < -0.4 is 5.32 Å². The summed E-state index contributed by atoms with van der Waals surface area (Å²) < 4.78 is 45.1. The second-order valence-electron chi connectivity index (χ2n) is 6.53. The van der Waals surface area contributed by atoms with Crippen LogP contribution in [-0.4, -0.2) is 20.9 Å². The second-order valence-corrected chi connectivity index (χ2v) is 8.63. The highest BCUT2D eigenvalue weighted by Gasteiger charge is 2.33. The maximum Gasteiger partial charge on any atom is 0.251 e. The number of carbonyl (C=O) groups excluding carboxylic acids is 1. The van der Waals surface area contributed by atoms with Gasteiger partial charge in [-0.2, -0.15) is 0 Å². The third-order valence-corrected chi connectivity index (χ3v) is 6.64. The molecule has 5 nitrogen and oxygen atoms in total. The van der Waals surface area contributed by atoms with Crippen LogP contribution in [0, 0.1) is 19.7 Å². The van der Waals surface area contributed by atoms with Gasteiger partial charge in [-0.25, -0.2) is 12.8 Å². The zero-order valence-electron chi connectivity index (χ0n) is 15.5. The highest BCUT2D eigenvalue weighted by molar-refractivity contribution is 7.91. The van der Waals surface area contributed by atoms with Gasteiger partial charge in [0.25, 0.3) is 5.91 Å². The van der Waals surface area contributed by atoms with E-state index >= 15 is 0 Å². The van der Waals surface area contributed by atoms with Gasteiger partial charge in [0.15, 0.2) is 9.84 Å². The molecule has 3 rings (SSSR count). The highest BCUT2D eigenvalue weighted by atomic mass is 32.2. The van der Waals surface area contributed by atoms with Crippen LogP contribution in [0.2, 0.25) is 0 Å². The van der Waals surface area contributed by atoms with Gasteiger partial charge in [0.05, 0.1) is 11.2 Å². The molecule has 3 aromatic rings. The van der Waals surface area contributed by atoms with Crippen molar-refractivity contribution in [2.75, 3.05) is 6.54 Å². The Bertz CT molecular complexity index is 1070. The summed E-state index contributed by atoms with van der Waals surface area (Å²) in [5, 5.41) is 1.53. The first-order chi connectivity index (χ1) is 13.3. The number of furan rings is 1. The smallest absolute Gasteiger partial charge is 0.251 e. The van der Waals surface area contributed by atoms with E-state index in [4.69, 9.17) is 4.42 Å². The van der Waals surface area contributed by atoms with Crippen molar-refractivity contribution in [2.24, 2.45) is 0 Å². The third kappa shape index (κ3) is 4.14. The molecule has 0 unspecified atom stereocenters. The van der Waals surface area contributed by atoms with E-state index in [1.165, 1.54) is 30.5 Å². The van der Waals surface area contributed by atoms with Gasteiger partial charge in [0.1, 0.15) is 16.8 Å². The van der Waals surface area contributed by atoms with Crippen molar-refractivity contribution >= 4 is 15.7 Å². The summed E-state index contributed by atoms with van der Waals surface area (Å²) in [4.78, 5) is 12.6. The van der Waals surface area contributed by atoms with E-state index in [-0.39, 0.29) is 22.8 Å². The van der Waals surface area contributed by atoms with Crippen LogP contribution in [0.5, 0.6) is 0 Å². The Hall–Kier alpha value is -2.93. The minimum Gasteiger partial charge on any atom is -0.468 e. The Labute approximate surface area is 163 Å². The minimum absolute atomic E-state index is 0.181. The number of hydrogen-bond acceptors (Lipinski definition) is 4. The molecule has 1 aromatic heterocycles. The summed E-state index contributed by atoms with van der Waals surface area (Å²) in [5.74, 6) is -0.712. The van der Waals surface area contributed by atoms with Crippen molar-refractivity contribution in [1.29, 1.82) is 0 Å². The Kier molecular flexibility index (Phi) is 5.65. The molecule has 1 N–H and O–H groups in total. The molecule has 0 aliphatic heterocycles. The van der Waals surface area contributed by atoms with E-state index in [9.17, 15) is 17.6 Å². The Morgan fingerprint density at radius 1 is 1.11 bits per heavy atom. The standard InChI is InChI=1S/C21H20FNO4S/c1-14-5-6-15(2)19(12-14)28(25,26)20(18-4-3-11-27-18)13-23-21(24)16-7-9-17(22)10-8-16/h3-12,20H,13H2,1-2H3,(H,23,24)/t20-/m0/s1. The first-order valence-electron chi connectivity index (χ1n) is 8.67. The van der Waals surface area contributed by atoms with Gasteiger partial charge in [-0.05, 0) is 67.4 Å². The molecular formula is C21H20FNO4S. The van der Waals surface area contributed by atoms with E-state index in [2.05, 4.69) is 5.32 Å². The molecule has 0 aliphatic carbocycles. The molecule has 0 fully saturated rings. The first-order valence-corrected chi connectivity index (χ1v) is 10.2. The van der Waals surface area contributed by atoms with Gasteiger partial charge in [0.2, 0.25) is 0 Å². The number of sulfone groups is 1. The number of hydrogen-bond donors (Lipinski definition) is 1. The molecule has 0 saturated heterocycles. The van der Waals surface area contributed by atoms with Crippen molar-refractivity contribution in [1.82, 2.24) is 5.32 Å². The fourth-order valence-corrected chi connectivity index (χ4v) is 4.81. The molecule has 0 aliphatic rings. The molecule has 2 aromatic carbocycles. The normalized spacial score (nSPS) is 12.5. The van der Waals surface area contributed by atoms with E-state index in [1.807, 2.05) is 13.0 Å². The van der Waals surface area contributed by atoms with Gasteiger partial charge >= 0.3 is 0 Å². The predicted octanol–water partition coefficient (Wildman–Crippen LogP) is 3.98. The minimum atomic E-state index is -3.83. The molecule has 1 heterocycles. The molecule has 0 radical (unpaired) electrons. The summed E-state index contributed by atoms with van der Waals surface area (Å²) in [6.45, 7) is 3.36. The van der Waals surface area contributed by atoms with Crippen LogP contribution in [0.25, 0.3) is 0 Å². The van der Waals surface area contributed by atoms with Crippen LogP contribution in [-0.2, 0) is 9.84 Å². The zero-order chi connectivity index (χ0) is 20.3. The topological polar surface area (TPSA) is 76.4 Å². The van der Waals surface area contributed by atoms with E-state index in [1.54, 1.807) is 31.2 Å². The van der Waals surface area contributed by atoms with Crippen molar-refractivity contribution in [2.45, 2.75) is 24.0 Å². The molecular weight excluding hydrogens is 381 g/mol. The average molecular weight is 401 g/mol. The van der Waals surface area contributed by atoms with Crippen molar-refractivity contribution < 1.29 is 22.0 Å². The lowest BCUT2D eigenvalue weighted by Crippen LogP contribution is -2.32. The van der Waals surface area contributed by atoms with Gasteiger partial charge < -0.3 is 9.73 Å². The summed E-state index contributed by atoms with van der Waals surface area (Å²) in [6, 6.07) is 13.4. The van der Waals surface area contributed by atoms with Crippen LogP contribution in [0.4, 0.5) is 4.39 Å². The fourth-order valence-electron chi connectivity index (χ4n) is 2.89. The Morgan fingerprint density at radius 2 is 1.82 bits per heavy atom. The zero-order valence-corrected chi connectivity index (χ0v) is 16.3. The fraction of sp³-hybridized carbons (Fsp3) is 0.190. The predicted molar refractivity (Wildman–Crippen MR) is 103 cm³/mol. The second kappa shape index (κ2) is 7.98. The number of aryl methyl sites for hydroxylation is 2. The van der Waals surface area contributed by atoms with E-state index in [0.29, 0.717) is 5.56 Å². The highest BCUT2D eigenvalue weighted by Crippen LogP contribution is 2.31. The Morgan fingerprint density at radius 3 is 2.46 bits per heavy atom. The molecule has 28 heavy (non-hydrogen) atoms. The summed E-state index contributed by atoms with van der Waals surface area (Å²) in [7, 11) is -3.83. The van der Waals surface area contributed by atoms with E-state index in [0.717, 1.165) is 5.56 Å². The molecule has 7 heteroatoms. The number of rotatable bonds is 6. The number of halogens is 1. The van der Waals surface area contributed by atoms with Gasteiger partial charge in [0, 0.05) is 12.1 Å². The molecule has 1 atom stereocenters. The van der Waals surface area contributed by atoms with Gasteiger partial charge in [-0.1, -0.05) is 12.1 Å².